The number of alkyl halides is 6. The average Bonchev–Trinajstić information content (AvgIpc) is 2.92. The fourth-order valence-corrected chi connectivity index (χ4v) is 5.60. The monoisotopic (exact) mass is 479 g/mol. The number of carbonyl (C=O) groups is 1. The summed E-state index contributed by atoms with van der Waals surface area (Å²) in [5.41, 5.74) is -7.16. The number of fused-ring (bicyclic) bond motifs is 5. The molecular formula is C20H16F7N3O3. The number of aliphatic hydroxyl groups is 1. The van der Waals surface area contributed by atoms with E-state index in [4.69, 9.17) is 4.74 Å². The number of hydrogen-bond donors (Lipinski definition) is 2. The van der Waals surface area contributed by atoms with Crippen molar-refractivity contribution >= 4 is 11.6 Å². The Bertz CT molecular complexity index is 1160. The molecule has 3 aliphatic rings. The highest BCUT2D eigenvalue weighted by Crippen LogP contribution is 2.78. The third kappa shape index (κ3) is 2.81. The molecule has 1 amide bonds. The molecule has 1 aliphatic carbocycles. The number of aryl methyl sites for hydroxylation is 1. The number of halogens is 7. The van der Waals surface area contributed by atoms with E-state index < -0.39 is 70.2 Å². The van der Waals surface area contributed by atoms with Gasteiger partial charge in [0.05, 0.1) is 35.0 Å². The van der Waals surface area contributed by atoms with Crippen LogP contribution in [0.3, 0.4) is 0 Å². The zero-order valence-corrected chi connectivity index (χ0v) is 16.8. The Hall–Kier alpha value is -2.67. The third-order valence-corrected chi connectivity index (χ3v) is 6.92. The van der Waals surface area contributed by atoms with Crippen LogP contribution in [0.25, 0.3) is 0 Å². The molecule has 0 radical (unpaired) electrons. The number of amides is 1. The number of nitrogens with one attached hydrogen (secondary N) is 1. The maximum absolute atomic E-state index is 14.5. The summed E-state index contributed by atoms with van der Waals surface area (Å²) in [5, 5.41) is 15.9. The molecule has 178 valence electrons. The number of nitrogens with zero attached hydrogens (tertiary/aromatic N) is 2. The van der Waals surface area contributed by atoms with Crippen molar-refractivity contribution in [3.63, 3.8) is 0 Å². The van der Waals surface area contributed by atoms with E-state index in [1.54, 1.807) is 0 Å². The topological polar surface area (TPSA) is 76.4 Å². The number of carbonyl (C=O) groups excluding carboxylic acids is 1. The largest absolute Gasteiger partial charge is 0.435 e. The van der Waals surface area contributed by atoms with Gasteiger partial charge in [-0.3, -0.25) is 9.48 Å². The molecule has 1 aromatic carbocycles. The van der Waals surface area contributed by atoms with Crippen molar-refractivity contribution in [1.29, 1.82) is 0 Å². The van der Waals surface area contributed by atoms with E-state index in [0.717, 1.165) is 23.0 Å². The third-order valence-electron chi connectivity index (χ3n) is 6.92. The summed E-state index contributed by atoms with van der Waals surface area (Å²) < 4.78 is 101. The SMILES string of the molecule is Cn1cc(C23CC2(C(=O)Nc2cccc(C(F)(F)F)c2F)C2CC(O)C3O2)c(C(F)(F)F)n1. The molecule has 6 nitrogen and oxygen atoms in total. The highest BCUT2D eigenvalue weighted by Gasteiger charge is 2.88. The lowest BCUT2D eigenvalue weighted by atomic mass is 9.73. The Labute approximate surface area is 181 Å². The number of hydrogen-bond acceptors (Lipinski definition) is 4. The van der Waals surface area contributed by atoms with Crippen molar-refractivity contribution in [1.82, 2.24) is 9.78 Å². The van der Waals surface area contributed by atoms with Gasteiger partial charge in [-0.15, -0.1) is 0 Å². The second-order valence-corrected chi connectivity index (χ2v) is 8.65. The first-order valence-electron chi connectivity index (χ1n) is 9.85. The number of ether oxygens (including phenoxy) is 1. The van der Waals surface area contributed by atoms with Crippen LogP contribution in [-0.2, 0) is 34.3 Å². The number of aromatic nitrogens is 2. The van der Waals surface area contributed by atoms with Crippen LogP contribution in [0.15, 0.2) is 24.4 Å². The molecule has 33 heavy (non-hydrogen) atoms. The van der Waals surface area contributed by atoms with Gasteiger partial charge in [0.1, 0.15) is 0 Å². The van der Waals surface area contributed by atoms with Gasteiger partial charge >= 0.3 is 12.4 Å². The molecule has 5 unspecified atom stereocenters. The summed E-state index contributed by atoms with van der Waals surface area (Å²) in [4.78, 5) is 13.3. The Morgan fingerprint density at radius 3 is 2.58 bits per heavy atom. The number of benzene rings is 1. The summed E-state index contributed by atoms with van der Waals surface area (Å²) in [7, 11) is 1.27. The predicted molar refractivity (Wildman–Crippen MR) is 96.3 cm³/mol. The molecule has 3 heterocycles. The van der Waals surface area contributed by atoms with E-state index in [1.165, 1.54) is 7.05 Å². The molecule has 1 aromatic heterocycles. The lowest BCUT2D eigenvalue weighted by Crippen LogP contribution is -2.45. The van der Waals surface area contributed by atoms with Crippen LogP contribution in [0.5, 0.6) is 0 Å². The van der Waals surface area contributed by atoms with Crippen molar-refractivity contribution < 1.29 is 45.4 Å². The van der Waals surface area contributed by atoms with Gasteiger partial charge in [0.15, 0.2) is 11.5 Å². The minimum atomic E-state index is -5.01. The molecule has 1 saturated carbocycles. The van der Waals surface area contributed by atoms with Gasteiger partial charge in [-0.2, -0.15) is 31.4 Å². The fraction of sp³-hybridized carbons (Fsp3) is 0.500. The maximum Gasteiger partial charge on any atom is 0.435 e. The molecule has 2 aliphatic heterocycles. The highest BCUT2D eigenvalue weighted by molar-refractivity contribution is 6.01. The van der Waals surface area contributed by atoms with Crippen LogP contribution in [0.4, 0.5) is 36.4 Å². The number of rotatable bonds is 3. The van der Waals surface area contributed by atoms with Gasteiger partial charge in [-0.1, -0.05) is 6.07 Å². The standard InChI is InChI=1S/C20H16F7N3O3/c1-30-6-9(14(29-30)20(25,26)27)17-7-18(17,12-5-11(31)15(17)33-12)16(32)28-10-4-2-3-8(13(10)21)19(22,23)24/h2-4,6,11-12,15,31H,5,7H2,1H3,(H,28,32). The van der Waals surface area contributed by atoms with E-state index >= 15 is 0 Å². The van der Waals surface area contributed by atoms with E-state index in [2.05, 4.69) is 10.4 Å². The minimum Gasteiger partial charge on any atom is -0.390 e. The van der Waals surface area contributed by atoms with Crippen LogP contribution >= 0.6 is 0 Å². The molecular weight excluding hydrogens is 463 g/mol. The van der Waals surface area contributed by atoms with Crippen LogP contribution in [0.1, 0.15) is 29.7 Å². The van der Waals surface area contributed by atoms with Crippen molar-refractivity contribution in [2.75, 3.05) is 5.32 Å². The fourth-order valence-electron chi connectivity index (χ4n) is 5.60. The molecule has 2 aromatic rings. The Morgan fingerprint density at radius 1 is 1.24 bits per heavy atom. The molecule has 2 bridgehead atoms. The second-order valence-electron chi connectivity index (χ2n) is 8.65. The smallest absolute Gasteiger partial charge is 0.390 e. The summed E-state index contributed by atoms with van der Waals surface area (Å²) in [6.07, 6.45) is -12.3. The molecule has 5 rings (SSSR count). The second kappa shape index (κ2) is 6.47. The van der Waals surface area contributed by atoms with Gasteiger partial charge in [-0.25, -0.2) is 4.39 Å². The quantitative estimate of drug-likeness (QED) is 0.662. The molecule has 0 spiro atoms. The Kier molecular flexibility index (Phi) is 4.34. The highest BCUT2D eigenvalue weighted by atomic mass is 19.4. The summed E-state index contributed by atoms with van der Waals surface area (Å²) in [5.74, 6) is -2.68. The van der Waals surface area contributed by atoms with E-state index in [9.17, 15) is 40.6 Å². The zero-order valence-electron chi connectivity index (χ0n) is 16.8. The Balaban J connectivity index is 1.57. The van der Waals surface area contributed by atoms with Gasteiger partial charge in [0.25, 0.3) is 0 Å². The molecule has 2 N–H and O–H groups in total. The average molecular weight is 479 g/mol. The predicted octanol–water partition coefficient (Wildman–Crippen LogP) is 3.40. The van der Waals surface area contributed by atoms with Crippen LogP contribution in [0, 0.1) is 11.2 Å². The van der Waals surface area contributed by atoms with E-state index in [1.807, 2.05) is 0 Å². The van der Waals surface area contributed by atoms with Crippen molar-refractivity contribution in [3.05, 3.63) is 47.0 Å². The van der Waals surface area contributed by atoms with Crippen LogP contribution in [0.2, 0.25) is 0 Å². The lowest BCUT2D eigenvalue weighted by molar-refractivity contribution is -0.143. The van der Waals surface area contributed by atoms with Gasteiger partial charge in [0, 0.05) is 30.6 Å². The van der Waals surface area contributed by atoms with E-state index in [-0.39, 0.29) is 18.4 Å². The number of aliphatic hydroxyl groups excluding tert-OH is 1. The van der Waals surface area contributed by atoms with Gasteiger partial charge in [0.2, 0.25) is 5.91 Å². The summed E-state index contributed by atoms with van der Waals surface area (Å²) in [6.45, 7) is 0. The molecule has 13 heteroatoms. The zero-order chi connectivity index (χ0) is 24.1. The van der Waals surface area contributed by atoms with Crippen molar-refractivity contribution in [3.8, 4) is 0 Å². The first-order valence-corrected chi connectivity index (χ1v) is 9.85. The number of anilines is 1. The summed E-state index contributed by atoms with van der Waals surface area (Å²) in [6, 6.07) is 2.34. The Morgan fingerprint density at radius 2 is 1.94 bits per heavy atom. The van der Waals surface area contributed by atoms with Crippen molar-refractivity contribution in [2.45, 2.75) is 48.9 Å². The summed E-state index contributed by atoms with van der Waals surface area (Å²) >= 11 is 0. The molecule has 2 saturated heterocycles. The van der Waals surface area contributed by atoms with Gasteiger partial charge in [-0.05, 0) is 18.6 Å². The first kappa shape index (κ1) is 22.1. The van der Waals surface area contributed by atoms with E-state index in [0.29, 0.717) is 6.07 Å². The normalized spacial score (nSPS) is 32.7. The van der Waals surface area contributed by atoms with Gasteiger partial charge < -0.3 is 15.2 Å². The maximum atomic E-state index is 14.5. The first-order chi connectivity index (χ1) is 15.2. The molecule has 5 atom stereocenters. The minimum absolute atomic E-state index is 0.0491. The van der Waals surface area contributed by atoms with Crippen LogP contribution in [-0.4, -0.2) is 39.1 Å². The van der Waals surface area contributed by atoms with Crippen molar-refractivity contribution in [2.24, 2.45) is 12.5 Å². The molecule has 3 fully saturated rings. The van der Waals surface area contributed by atoms with Crippen LogP contribution < -0.4 is 5.32 Å². The lowest BCUT2D eigenvalue weighted by Gasteiger charge is -2.29.